The molecule has 0 aliphatic carbocycles. The lowest BCUT2D eigenvalue weighted by Gasteiger charge is -2.05. The number of nitrogens with zero attached hydrogens (tertiary/aromatic N) is 2. The summed E-state index contributed by atoms with van der Waals surface area (Å²) < 4.78 is 25.0. The molecule has 1 aromatic heterocycles. The van der Waals surface area contributed by atoms with E-state index in [1.807, 2.05) is 55.6 Å². The van der Waals surface area contributed by atoms with Crippen molar-refractivity contribution >= 4 is 9.84 Å². The average molecular weight is 350 g/mol. The normalized spacial score (nSPS) is 11.0. The maximum atomic E-state index is 11.6. The minimum atomic E-state index is -3.18. The van der Waals surface area contributed by atoms with E-state index in [4.69, 9.17) is 0 Å². The third-order valence-corrected chi connectivity index (χ3v) is 4.96. The van der Waals surface area contributed by atoms with Crippen molar-refractivity contribution < 1.29 is 8.42 Å². The van der Waals surface area contributed by atoms with Crippen LogP contribution in [-0.4, -0.2) is 24.5 Å². The zero-order valence-corrected chi connectivity index (χ0v) is 14.9. The Bertz CT molecular complexity index is 1050. The topological polar surface area (TPSA) is 52.0 Å². The van der Waals surface area contributed by atoms with Crippen LogP contribution in [0.4, 0.5) is 0 Å². The van der Waals surface area contributed by atoms with Gasteiger partial charge in [0, 0.05) is 18.0 Å². The van der Waals surface area contributed by atoms with Crippen LogP contribution in [0.5, 0.6) is 0 Å². The first-order chi connectivity index (χ1) is 12.0. The lowest BCUT2D eigenvalue weighted by atomic mass is 10.0. The zero-order valence-electron chi connectivity index (χ0n) is 14.1. The summed E-state index contributed by atoms with van der Waals surface area (Å²) in [5, 5.41) is 4.53. The zero-order chi connectivity index (χ0) is 17.9. The van der Waals surface area contributed by atoms with Gasteiger partial charge >= 0.3 is 0 Å². The molecule has 0 saturated carbocycles. The molecule has 25 heavy (non-hydrogen) atoms. The van der Waals surface area contributed by atoms with E-state index in [0.717, 1.165) is 22.4 Å². The van der Waals surface area contributed by atoms with E-state index in [1.54, 1.807) is 16.8 Å². The van der Waals surface area contributed by atoms with Gasteiger partial charge in [0.15, 0.2) is 9.84 Å². The van der Waals surface area contributed by atoms with Gasteiger partial charge in [-0.15, -0.1) is 5.92 Å². The first-order valence-corrected chi connectivity index (χ1v) is 9.70. The van der Waals surface area contributed by atoms with Gasteiger partial charge in [0.1, 0.15) is 6.54 Å². The monoisotopic (exact) mass is 350 g/mol. The van der Waals surface area contributed by atoms with E-state index < -0.39 is 9.84 Å². The van der Waals surface area contributed by atoms with Crippen LogP contribution in [0.25, 0.3) is 22.4 Å². The van der Waals surface area contributed by atoms with Crippen LogP contribution in [0.1, 0.15) is 6.92 Å². The van der Waals surface area contributed by atoms with Gasteiger partial charge in [-0.25, -0.2) is 8.42 Å². The molecular weight excluding hydrogens is 332 g/mol. The molecule has 4 nitrogen and oxygen atoms in total. The van der Waals surface area contributed by atoms with Crippen LogP contribution in [-0.2, 0) is 16.4 Å². The number of hydrogen-bond acceptors (Lipinski definition) is 3. The summed E-state index contributed by atoms with van der Waals surface area (Å²) in [6.45, 7) is 2.38. The molecule has 3 rings (SSSR count). The molecule has 5 heteroatoms. The molecule has 0 N–H and O–H groups in total. The minimum Gasteiger partial charge on any atom is -0.260 e. The Labute approximate surface area is 148 Å². The molecule has 0 spiro atoms. The highest BCUT2D eigenvalue weighted by Crippen LogP contribution is 2.26. The Kier molecular flexibility index (Phi) is 4.73. The summed E-state index contributed by atoms with van der Waals surface area (Å²) in [6.07, 6.45) is 3.12. The summed E-state index contributed by atoms with van der Waals surface area (Å²) in [7, 11) is -3.18. The number of aromatic nitrogens is 2. The Morgan fingerprint density at radius 2 is 1.72 bits per heavy atom. The van der Waals surface area contributed by atoms with Crippen molar-refractivity contribution in [1.29, 1.82) is 0 Å². The van der Waals surface area contributed by atoms with E-state index in [9.17, 15) is 8.42 Å². The second-order valence-electron chi connectivity index (χ2n) is 5.70. The van der Waals surface area contributed by atoms with Gasteiger partial charge in [-0.1, -0.05) is 36.3 Å². The standard InChI is InChI=1S/C20H18N2O2S/c1-3-4-13-22-14-12-20(21-22)18-7-5-6-17(15-18)16-8-10-19(11-9-16)25(2,23)24/h5-12,14-15H,13H2,1-2H3. The number of hydrogen-bond donors (Lipinski definition) is 0. The van der Waals surface area contributed by atoms with Crippen molar-refractivity contribution in [2.24, 2.45) is 0 Å². The number of benzene rings is 2. The number of rotatable bonds is 4. The van der Waals surface area contributed by atoms with Gasteiger partial charge in [0.25, 0.3) is 0 Å². The molecule has 0 amide bonds. The van der Waals surface area contributed by atoms with Crippen LogP contribution >= 0.6 is 0 Å². The maximum absolute atomic E-state index is 11.6. The molecule has 0 atom stereocenters. The summed E-state index contributed by atoms with van der Waals surface area (Å²) in [4.78, 5) is 0.322. The Hall–Kier alpha value is -2.84. The smallest absolute Gasteiger partial charge is 0.175 e. The van der Waals surface area contributed by atoms with Crippen LogP contribution < -0.4 is 0 Å². The maximum Gasteiger partial charge on any atom is 0.175 e. The average Bonchev–Trinajstić information content (AvgIpc) is 3.08. The summed E-state index contributed by atoms with van der Waals surface area (Å²) >= 11 is 0. The van der Waals surface area contributed by atoms with E-state index in [0.29, 0.717) is 11.4 Å². The first-order valence-electron chi connectivity index (χ1n) is 7.81. The third-order valence-electron chi connectivity index (χ3n) is 3.83. The Morgan fingerprint density at radius 3 is 2.40 bits per heavy atom. The molecule has 3 aromatic rings. The summed E-state index contributed by atoms with van der Waals surface area (Å²) in [5.41, 5.74) is 3.87. The lowest BCUT2D eigenvalue weighted by Crippen LogP contribution is -1.96. The molecule has 0 aliphatic heterocycles. The van der Waals surface area contributed by atoms with Gasteiger partial charge in [0.2, 0.25) is 0 Å². The Morgan fingerprint density at radius 1 is 1.00 bits per heavy atom. The minimum absolute atomic E-state index is 0.322. The first kappa shape index (κ1) is 17.0. The van der Waals surface area contributed by atoms with Crippen molar-refractivity contribution in [2.45, 2.75) is 18.4 Å². The lowest BCUT2D eigenvalue weighted by molar-refractivity contribution is 0.602. The second-order valence-corrected chi connectivity index (χ2v) is 7.72. The highest BCUT2D eigenvalue weighted by molar-refractivity contribution is 7.90. The van der Waals surface area contributed by atoms with Crippen molar-refractivity contribution in [2.75, 3.05) is 6.26 Å². The van der Waals surface area contributed by atoms with Gasteiger partial charge in [0.05, 0.1) is 10.6 Å². The predicted molar refractivity (Wildman–Crippen MR) is 99.7 cm³/mol. The predicted octanol–water partition coefficient (Wildman–Crippen LogP) is 3.64. The van der Waals surface area contributed by atoms with Crippen LogP contribution in [0, 0.1) is 11.8 Å². The molecule has 2 aromatic carbocycles. The molecule has 0 unspecified atom stereocenters. The molecule has 0 bridgehead atoms. The summed E-state index contributed by atoms with van der Waals surface area (Å²) in [6, 6.07) is 16.9. The largest absolute Gasteiger partial charge is 0.260 e. The van der Waals surface area contributed by atoms with Crippen LogP contribution in [0.3, 0.4) is 0 Å². The molecule has 0 aliphatic rings. The highest BCUT2D eigenvalue weighted by atomic mass is 32.2. The third kappa shape index (κ3) is 3.98. The second kappa shape index (κ2) is 6.96. The molecule has 0 fully saturated rings. The van der Waals surface area contributed by atoms with Crippen LogP contribution in [0.15, 0.2) is 65.7 Å². The van der Waals surface area contributed by atoms with Gasteiger partial charge < -0.3 is 0 Å². The fourth-order valence-electron chi connectivity index (χ4n) is 2.52. The van der Waals surface area contributed by atoms with Crippen LogP contribution in [0.2, 0.25) is 0 Å². The van der Waals surface area contributed by atoms with E-state index in [2.05, 4.69) is 16.9 Å². The van der Waals surface area contributed by atoms with Crippen molar-refractivity contribution in [1.82, 2.24) is 9.78 Å². The fourth-order valence-corrected chi connectivity index (χ4v) is 3.15. The molecule has 0 saturated heterocycles. The molecular formula is C20H18N2O2S. The van der Waals surface area contributed by atoms with E-state index in [1.165, 1.54) is 6.26 Å². The molecule has 1 heterocycles. The highest BCUT2D eigenvalue weighted by Gasteiger charge is 2.08. The SMILES string of the molecule is CC#CCn1ccc(-c2cccc(-c3ccc(S(C)(=O)=O)cc3)c2)n1. The summed E-state index contributed by atoms with van der Waals surface area (Å²) in [5.74, 6) is 5.84. The quantitative estimate of drug-likeness (QED) is 0.675. The molecule has 126 valence electrons. The number of sulfone groups is 1. The molecule has 0 radical (unpaired) electrons. The van der Waals surface area contributed by atoms with Crippen molar-refractivity contribution in [3.05, 3.63) is 60.8 Å². The van der Waals surface area contributed by atoms with Crippen molar-refractivity contribution in [3.63, 3.8) is 0 Å². The Balaban J connectivity index is 1.91. The van der Waals surface area contributed by atoms with E-state index in [-0.39, 0.29) is 0 Å². The van der Waals surface area contributed by atoms with Gasteiger partial charge in [-0.3, -0.25) is 4.68 Å². The fraction of sp³-hybridized carbons (Fsp3) is 0.150. The van der Waals surface area contributed by atoms with Gasteiger partial charge in [-0.2, -0.15) is 5.10 Å². The van der Waals surface area contributed by atoms with Gasteiger partial charge in [-0.05, 0) is 42.3 Å². The van der Waals surface area contributed by atoms with Crippen molar-refractivity contribution in [3.8, 4) is 34.2 Å². The van der Waals surface area contributed by atoms with E-state index >= 15 is 0 Å².